The van der Waals surface area contributed by atoms with Crippen molar-refractivity contribution in [3.05, 3.63) is 60.2 Å². The number of phenols is 1. The summed E-state index contributed by atoms with van der Waals surface area (Å²) in [5.41, 5.74) is 4.33. The number of carbonyl (C=O) groups is 1. The standard InChI is InChI=1S/C15H13NO3/c17-14-7-5-12(6-8-14)13-3-1-2-11(10-13)4-9-15(18)16-19/h1-10,17,19H,(H,16,18). The molecule has 0 spiro atoms. The maximum Gasteiger partial charge on any atom is 0.267 e. The first-order chi connectivity index (χ1) is 9.19. The lowest BCUT2D eigenvalue weighted by Gasteiger charge is -2.03. The van der Waals surface area contributed by atoms with Crippen LogP contribution < -0.4 is 5.48 Å². The summed E-state index contributed by atoms with van der Waals surface area (Å²) >= 11 is 0. The predicted molar refractivity (Wildman–Crippen MR) is 72.5 cm³/mol. The zero-order chi connectivity index (χ0) is 13.7. The zero-order valence-corrected chi connectivity index (χ0v) is 10.1. The summed E-state index contributed by atoms with van der Waals surface area (Å²) in [6.07, 6.45) is 2.85. The fraction of sp³-hybridized carbons (Fsp3) is 0. The van der Waals surface area contributed by atoms with E-state index in [-0.39, 0.29) is 5.75 Å². The van der Waals surface area contributed by atoms with E-state index in [4.69, 9.17) is 5.21 Å². The number of nitrogens with one attached hydrogen (secondary N) is 1. The Labute approximate surface area is 110 Å². The first-order valence-corrected chi connectivity index (χ1v) is 5.70. The molecule has 0 aliphatic rings. The third-order valence-corrected chi connectivity index (χ3v) is 2.62. The van der Waals surface area contributed by atoms with Gasteiger partial charge in [0.15, 0.2) is 0 Å². The number of carbonyl (C=O) groups excluding carboxylic acids is 1. The molecule has 0 bridgehead atoms. The first-order valence-electron chi connectivity index (χ1n) is 5.70. The van der Waals surface area contributed by atoms with Gasteiger partial charge in [-0.3, -0.25) is 10.0 Å². The molecular formula is C15H13NO3. The molecule has 0 aliphatic heterocycles. The molecule has 96 valence electrons. The molecule has 2 aromatic rings. The van der Waals surface area contributed by atoms with Crippen LogP contribution in [-0.2, 0) is 4.79 Å². The van der Waals surface area contributed by atoms with Crippen molar-refractivity contribution >= 4 is 12.0 Å². The van der Waals surface area contributed by atoms with Crippen molar-refractivity contribution in [1.82, 2.24) is 5.48 Å². The summed E-state index contributed by atoms with van der Waals surface area (Å²) in [6, 6.07) is 14.5. The molecule has 0 heterocycles. The second-order valence-electron chi connectivity index (χ2n) is 3.98. The first kappa shape index (κ1) is 12.9. The minimum atomic E-state index is -0.574. The smallest absolute Gasteiger partial charge is 0.267 e. The molecule has 3 N–H and O–H groups in total. The number of phenolic OH excluding ortho intramolecular Hbond substituents is 1. The SMILES string of the molecule is O=C(C=Cc1cccc(-c2ccc(O)cc2)c1)NO. The molecule has 0 saturated heterocycles. The van der Waals surface area contributed by atoms with Crippen molar-refractivity contribution < 1.29 is 15.1 Å². The van der Waals surface area contributed by atoms with Crippen molar-refractivity contribution in [1.29, 1.82) is 0 Å². The van der Waals surface area contributed by atoms with Gasteiger partial charge in [0.25, 0.3) is 5.91 Å². The normalized spacial score (nSPS) is 10.6. The second-order valence-corrected chi connectivity index (χ2v) is 3.98. The number of amides is 1. The van der Waals surface area contributed by atoms with Gasteiger partial charge in [-0.05, 0) is 41.0 Å². The number of aromatic hydroxyl groups is 1. The average Bonchev–Trinajstić information content (AvgIpc) is 2.46. The van der Waals surface area contributed by atoms with Gasteiger partial charge in [-0.15, -0.1) is 0 Å². The van der Waals surface area contributed by atoms with Gasteiger partial charge < -0.3 is 5.11 Å². The van der Waals surface area contributed by atoms with E-state index in [0.29, 0.717) is 0 Å². The summed E-state index contributed by atoms with van der Waals surface area (Å²) in [4.78, 5) is 10.9. The third kappa shape index (κ3) is 3.43. The quantitative estimate of drug-likeness (QED) is 0.448. The highest BCUT2D eigenvalue weighted by Gasteiger charge is 1.99. The van der Waals surface area contributed by atoms with Gasteiger partial charge in [0, 0.05) is 6.08 Å². The summed E-state index contributed by atoms with van der Waals surface area (Å²) in [7, 11) is 0. The Morgan fingerprint density at radius 2 is 1.79 bits per heavy atom. The minimum Gasteiger partial charge on any atom is -0.508 e. The Morgan fingerprint density at radius 3 is 2.47 bits per heavy atom. The highest BCUT2D eigenvalue weighted by Crippen LogP contribution is 2.23. The number of benzene rings is 2. The summed E-state index contributed by atoms with van der Waals surface area (Å²) in [5, 5.41) is 17.6. The fourth-order valence-corrected chi connectivity index (χ4v) is 1.68. The van der Waals surface area contributed by atoms with E-state index in [9.17, 15) is 9.90 Å². The lowest BCUT2D eigenvalue weighted by atomic mass is 10.0. The topological polar surface area (TPSA) is 69.6 Å². The molecule has 1 amide bonds. The number of hydrogen-bond donors (Lipinski definition) is 3. The van der Waals surface area contributed by atoms with Crippen LogP contribution in [0.25, 0.3) is 17.2 Å². The molecule has 0 fully saturated rings. The van der Waals surface area contributed by atoms with Crippen molar-refractivity contribution in [3.63, 3.8) is 0 Å². The van der Waals surface area contributed by atoms with Crippen LogP contribution >= 0.6 is 0 Å². The minimum absolute atomic E-state index is 0.222. The third-order valence-electron chi connectivity index (χ3n) is 2.62. The number of hydrogen-bond acceptors (Lipinski definition) is 3. The van der Waals surface area contributed by atoms with E-state index in [0.717, 1.165) is 16.7 Å². The average molecular weight is 255 g/mol. The van der Waals surface area contributed by atoms with Crippen LogP contribution in [-0.4, -0.2) is 16.2 Å². The van der Waals surface area contributed by atoms with E-state index in [1.807, 2.05) is 36.4 Å². The van der Waals surface area contributed by atoms with Crippen LogP contribution in [0, 0.1) is 0 Å². The van der Waals surface area contributed by atoms with Gasteiger partial charge in [0.05, 0.1) is 0 Å². The van der Waals surface area contributed by atoms with Gasteiger partial charge in [0.1, 0.15) is 5.75 Å². The molecule has 0 atom stereocenters. The van der Waals surface area contributed by atoms with Gasteiger partial charge >= 0.3 is 0 Å². The summed E-state index contributed by atoms with van der Waals surface area (Å²) in [5.74, 6) is -0.352. The van der Waals surface area contributed by atoms with Crippen LogP contribution in [0.1, 0.15) is 5.56 Å². The Morgan fingerprint density at radius 1 is 1.05 bits per heavy atom. The van der Waals surface area contributed by atoms with Crippen molar-refractivity contribution in [3.8, 4) is 16.9 Å². The second kappa shape index (κ2) is 5.84. The van der Waals surface area contributed by atoms with Crippen LogP contribution in [0.15, 0.2) is 54.6 Å². The molecule has 19 heavy (non-hydrogen) atoms. The fourth-order valence-electron chi connectivity index (χ4n) is 1.68. The summed E-state index contributed by atoms with van der Waals surface area (Å²) < 4.78 is 0. The maximum absolute atomic E-state index is 10.9. The van der Waals surface area contributed by atoms with Gasteiger partial charge in [-0.1, -0.05) is 30.3 Å². The Balaban J connectivity index is 2.26. The number of rotatable bonds is 3. The van der Waals surface area contributed by atoms with Crippen LogP contribution in [0.3, 0.4) is 0 Å². The molecule has 0 saturated carbocycles. The predicted octanol–water partition coefficient (Wildman–Crippen LogP) is 2.58. The monoisotopic (exact) mass is 255 g/mol. The lowest BCUT2D eigenvalue weighted by Crippen LogP contribution is -2.14. The largest absolute Gasteiger partial charge is 0.508 e. The van der Waals surface area contributed by atoms with Gasteiger partial charge in [0.2, 0.25) is 0 Å². The van der Waals surface area contributed by atoms with E-state index in [1.165, 1.54) is 11.6 Å². The molecule has 0 aliphatic carbocycles. The van der Waals surface area contributed by atoms with Gasteiger partial charge in [-0.25, -0.2) is 5.48 Å². The molecule has 0 aromatic heterocycles. The molecule has 0 radical (unpaired) electrons. The molecular weight excluding hydrogens is 242 g/mol. The Kier molecular flexibility index (Phi) is 3.95. The highest BCUT2D eigenvalue weighted by atomic mass is 16.5. The van der Waals surface area contributed by atoms with Crippen molar-refractivity contribution in [2.75, 3.05) is 0 Å². The van der Waals surface area contributed by atoms with E-state index >= 15 is 0 Å². The van der Waals surface area contributed by atoms with E-state index in [1.54, 1.807) is 18.2 Å². The Bertz CT molecular complexity index is 603. The van der Waals surface area contributed by atoms with E-state index < -0.39 is 5.91 Å². The maximum atomic E-state index is 10.9. The van der Waals surface area contributed by atoms with E-state index in [2.05, 4.69) is 0 Å². The molecule has 4 heteroatoms. The van der Waals surface area contributed by atoms with Crippen LogP contribution in [0.5, 0.6) is 5.75 Å². The zero-order valence-electron chi connectivity index (χ0n) is 10.1. The molecule has 2 rings (SSSR count). The molecule has 4 nitrogen and oxygen atoms in total. The van der Waals surface area contributed by atoms with Crippen molar-refractivity contribution in [2.45, 2.75) is 0 Å². The summed E-state index contributed by atoms with van der Waals surface area (Å²) in [6.45, 7) is 0. The lowest BCUT2D eigenvalue weighted by molar-refractivity contribution is -0.124. The number of hydroxylamine groups is 1. The van der Waals surface area contributed by atoms with Crippen molar-refractivity contribution in [2.24, 2.45) is 0 Å². The Hall–Kier alpha value is -2.59. The van der Waals surface area contributed by atoms with Crippen LogP contribution in [0.2, 0.25) is 0 Å². The van der Waals surface area contributed by atoms with Gasteiger partial charge in [-0.2, -0.15) is 0 Å². The highest BCUT2D eigenvalue weighted by molar-refractivity contribution is 5.91. The van der Waals surface area contributed by atoms with Crippen LogP contribution in [0.4, 0.5) is 0 Å². The molecule has 2 aromatic carbocycles. The molecule has 0 unspecified atom stereocenters.